The zero-order valence-electron chi connectivity index (χ0n) is 22.2. The van der Waals surface area contributed by atoms with Crippen molar-refractivity contribution in [3.8, 4) is 40.5 Å². The van der Waals surface area contributed by atoms with Crippen LogP contribution >= 0.6 is 0 Å². The molecule has 1 unspecified atom stereocenters. The number of carbonyl (C=O) groups excluding carboxylic acids is 1. The summed E-state index contributed by atoms with van der Waals surface area (Å²) < 4.78 is 0. The van der Waals surface area contributed by atoms with Crippen LogP contribution in [0.5, 0.6) is 0 Å². The van der Waals surface area contributed by atoms with Gasteiger partial charge in [-0.05, 0) is 74.3 Å². The second kappa shape index (κ2) is 9.83. The molecule has 1 heterocycles. The Morgan fingerprint density at radius 2 is 1.57 bits per heavy atom. The van der Waals surface area contributed by atoms with Gasteiger partial charge in [-0.3, -0.25) is 4.79 Å². The van der Waals surface area contributed by atoms with Crippen LogP contribution in [0, 0.1) is 34.0 Å². The molecular formula is C34H25N5O. The number of rotatable bonds is 2. The molecule has 6 nitrogen and oxygen atoms in total. The van der Waals surface area contributed by atoms with Gasteiger partial charge >= 0.3 is 5.91 Å². The number of benzene rings is 4. The van der Waals surface area contributed by atoms with E-state index in [1.165, 1.54) is 18.0 Å². The SMILES string of the molecule is C/C(C#N)=C1/c2cc(C#N)ccc2-c2ccc3c4c(ccc3c21)-c1ccccc1C4CN(C)C(=O)C#N.C1CN1. The first kappa shape index (κ1) is 25.1. The average molecular weight is 520 g/mol. The summed E-state index contributed by atoms with van der Waals surface area (Å²) in [6.07, 6.45) is 0. The van der Waals surface area contributed by atoms with E-state index in [1.54, 1.807) is 13.1 Å². The molecule has 6 heteroatoms. The fourth-order valence-corrected chi connectivity index (χ4v) is 6.00. The molecule has 192 valence electrons. The van der Waals surface area contributed by atoms with Crippen LogP contribution < -0.4 is 5.32 Å². The van der Waals surface area contributed by atoms with Crippen molar-refractivity contribution in [2.45, 2.75) is 12.8 Å². The maximum Gasteiger partial charge on any atom is 0.324 e. The van der Waals surface area contributed by atoms with Crippen molar-refractivity contribution >= 4 is 22.3 Å². The number of amides is 1. The van der Waals surface area contributed by atoms with E-state index in [0.29, 0.717) is 17.7 Å². The summed E-state index contributed by atoms with van der Waals surface area (Å²) >= 11 is 0. The molecule has 7 rings (SSSR count). The van der Waals surface area contributed by atoms with Gasteiger partial charge in [0.15, 0.2) is 6.07 Å². The molecule has 1 saturated heterocycles. The first-order valence-electron chi connectivity index (χ1n) is 13.2. The van der Waals surface area contributed by atoms with E-state index in [4.69, 9.17) is 0 Å². The minimum atomic E-state index is -0.564. The molecule has 3 aliphatic rings. The monoisotopic (exact) mass is 519 g/mol. The topological polar surface area (TPSA) is 114 Å². The molecule has 0 radical (unpaired) electrons. The molecule has 4 aromatic carbocycles. The quantitative estimate of drug-likeness (QED) is 0.182. The van der Waals surface area contributed by atoms with Crippen LogP contribution in [-0.4, -0.2) is 37.5 Å². The summed E-state index contributed by atoms with van der Waals surface area (Å²) in [6.45, 7) is 4.71. The third-order valence-corrected chi connectivity index (χ3v) is 7.87. The highest BCUT2D eigenvalue weighted by atomic mass is 16.2. The molecule has 1 fully saturated rings. The molecule has 0 saturated carbocycles. The van der Waals surface area contributed by atoms with Gasteiger partial charge in [-0.2, -0.15) is 15.8 Å². The van der Waals surface area contributed by atoms with Crippen molar-refractivity contribution in [3.05, 3.63) is 100 Å². The molecule has 1 aliphatic heterocycles. The maximum atomic E-state index is 12.2. The number of nitriles is 3. The van der Waals surface area contributed by atoms with Gasteiger partial charge in [-0.15, -0.1) is 0 Å². The van der Waals surface area contributed by atoms with Crippen molar-refractivity contribution < 1.29 is 4.79 Å². The fourth-order valence-electron chi connectivity index (χ4n) is 6.00. The number of likely N-dealkylation sites (N-methyl/N-ethyl adjacent to an activating group) is 1. The zero-order valence-corrected chi connectivity index (χ0v) is 22.2. The lowest BCUT2D eigenvalue weighted by Crippen LogP contribution is -2.29. The van der Waals surface area contributed by atoms with Gasteiger partial charge in [0.2, 0.25) is 0 Å². The molecular weight excluding hydrogens is 494 g/mol. The Bertz CT molecular complexity index is 1890. The second-order valence-electron chi connectivity index (χ2n) is 10.3. The van der Waals surface area contributed by atoms with Crippen molar-refractivity contribution in [3.63, 3.8) is 0 Å². The van der Waals surface area contributed by atoms with E-state index in [-0.39, 0.29) is 5.92 Å². The predicted octanol–water partition coefficient (Wildman–Crippen LogP) is 5.72. The third kappa shape index (κ3) is 3.93. The van der Waals surface area contributed by atoms with Crippen LogP contribution in [0.1, 0.15) is 40.7 Å². The number of hydrogen-bond donors (Lipinski definition) is 1. The van der Waals surface area contributed by atoms with Crippen molar-refractivity contribution in [2.24, 2.45) is 0 Å². The molecule has 40 heavy (non-hydrogen) atoms. The van der Waals surface area contributed by atoms with E-state index in [1.807, 2.05) is 37.3 Å². The summed E-state index contributed by atoms with van der Waals surface area (Å²) in [7, 11) is 1.66. The van der Waals surface area contributed by atoms with Crippen molar-refractivity contribution in [1.29, 1.82) is 15.8 Å². The van der Waals surface area contributed by atoms with Gasteiger partial charge in [0.05, 0.1) is 17.7 Å². The van der Waals surface area contributed by atoms with Crippen LogP contribution in [0.3, 0.4) is 0 Å². The van der Waals surface area contributed by atoms with E-state index in [9.17, 15) is 20.6 Å². The number of allylic oxidation sites excluding steroid dienone is 1. The summed E-state index contributed by atoms with van der Waals surface area (Å²) in [5.41, 5.74) is 10.5. The lowest BCUT2D eigenvalue weighted by atomic mass is 9.87. The van der Waals surface area contributed by atoms with Gasteiger partial charge in [0.1, 0.15) is 0 Å². The number of fused-ring (bicyclic) bond motifs is 9. The van der Waals surface area contributed by atoms with Gasteiger partial charge in [0.25, 0.3) is 0 Å². The van der Waals surface area contributed by atoms with Crippen LogP contribution in [0.15, 0.2) is 72.3 Å². The van der Waals surface area contributed by atoms with Gasteiger partial charge in [-0.1, -0.05) is 54.6 Å². The molecule has 1 atom stereocenters. The smallest absolute Gasteiger partial charge is 0.324 e. The van der Waals surface area contributed by atoms with Crippen LogP contribution in [0.25, 0.3) is 38.6 Å². The summed E-state index contributed by atoms with van der Waals surface area (Å²) in [6, 6.07) is 28.6. The number of nitrogens with zero attached hydrogens (tertiary/aromatic N) is 4. The minimum Gasteiger partial charge on any atom is -0.332 e. The summed E-state index contributed by atoms with van der Waals surface area (Å²) in [4.78, 5) is 13.7. The van der Waals surface area contributed by atoms with Crippen LogP contribution in [0.2, 0.25) is 0 Å². The Labute approximate surface area is 233 Å². The standard InChI is InChI=1S/C32H20N4O.C2H5N/c1-18(14-33)30-27-13-19(15-34)7-8-22(27)24-10-11-25-26(32(24)30)12-9-23-20-5-3-4-6-21(20)28(31(23)25)17-36(2)29(37)16-35;1-2-3-1/h3-13,28H,17H2,1-2H3;3H,1-2H2/b30-18+;. The molecule has 0 aromatic heterocycles. The van der Waals surface area contributed by atoms with Crippen LogP contribution in [-0.2, 0) is 4.79 Å². The summed E-state index contributed by atoms with van der Waals surface area (Å²) in [5.74, 6) is -0.653. The normalized spacial score (nSPS) is 16.1. The molecule has 1 N–H and O–H groups in total. The number of hydrogen-bond acceptors (Lipinski definition) is 5. The highest BCUT2D eigenvalue weighted by Gasteiger charge is 2.34. The molecule has 2 aliphatic carbocycles. The number of carbonyl (C=O) groups is 1. The lowest BCUT2D eigenvalue weighted by Gasteiger charge is -2.22. The molecule has 4 aromatic rings. The number of nitrogens with one attached hydrogen (secondary N) is 1. The summed E-state index contributed by atoms with van der Waals surface area (Å²) in [5, 5.41) is 33.7. The minimum absolute atomic E-state index is 0.0892. The Balaban J connectivity index is 0.000000905. The Morgan fingerprint density at radius 1 is 0.875 bits per heavy atom. The first-order valence-corrected chi connectivity index (χ1v) is 13.2. The molecule has 0 spiro atoms. The van der Waals surface area contributed by atoms with E-state index >= 15 is 0 Å². The zero-order chi connectivity index (χ0) is 28.0. The van der Waals surface area contributed by atoms with Gasteiger partial charge in [0, 0.05) is 43.7 Å². The van der Waals surface area contributed by atoms with Crippen LogP contribution in [0.4, 0.5) is 0 Å². The molecule has 1 amide bonds. The first-order chi connectivity index (χ1) is 19.5. The van der Waals surface area contributed by atoms with E-state index in [0.717, 1.165) is 60.9 Å². The Morgan fingerprint density at radius 3 is 2.27 bits per heavy atom. The second-order valence-corrected chi connectivity index (χ2v) is 10.3. The lowest BCUT2D eigenvalue weighted by molar-refractivity contribution is -0.124. The average Bonchev–Trinajstić information content (AvgIpc) is 3.80. The Kier molecular flexibility index (Phi) is 6.16. The largest absolute Gasteiger partial charge is 0.332 e. The highest BCUT2D eigenvalue weighted by Crippen LogP contribution is 2.53. The third-order valence-electron chi connectivity index (χ3n) is 7.87. The fraction of sp³-hybridized carbons (Fsp3) is 0.176. The molecule has 0 bridgehead atoms. The Hall–Kier alpha value is -5.22. The highest BCUT2D eigenvalue weighted by molar-refractivity contribution is 6.14. The van der Waals surface area contributed by atoms with Gasteiger partial charge < -0.3 is 10.2 Å². The van der Waals surface area contributed by atoms with E-state index < -0.39 is 5.91 Å². The predicted molar refractivity (Wildman–Crippen MR) is 155 cm³/mol. The van der Waals surface area contributed by atoms with E-state index in [2.05, 4.69) is 53.9 Å². The van der Waals surface area contributed by atoms with Crippen molar-refractivity contribution in [2.75, 3.05) is 26.7 Å². The van der Waals surface area contributed by atoms with Gasteiger partial charge in [-0.25, -0.2) is 0 Å². The van der Waals surface area contributed by atoms with Crippen molar-refractivity contribution in [1.82, 2.24) is 10.2 Å². The maximum absolute atomic E-state index is 12.2.